The molecule has 1 heterocycles. The Labute approximate surface area is 173 Å². The summed E-state index contributed by atoms with van der Waals surface area (Å²) in [5, 5.41) is 2.81. The number of aromatic nitrogens is 2. The highest BCUT2D eigenvalue weighted by molar-refractivity contribution is 6.04. The van der Waals surface area contributed by atoms with Crippen LogP contribution in [0.2, 0.25) is 0 Å². The molecular weight excluding hydrogens is 378 g/mol. The number of hydrogen-bond acceptors (Lipinski definition) is 5. The average molecular weight is 397 g/mol. The van der Waals surface area contributed by atoms with E-state index in [1.54, 1.807) is 66.7 Å². The van der Waals surface area contributed by atoms with Gasteiger partial charge < -0.3 is 10.1 Å². The number of rotatable bonds is 4. The number of aryl methyl sites for hydroxylation is 2. The first-order valence-electron chi connectivity index (χ1n) is 9.43. The highest BCUT2D eigenvalue weighted by Gasteiger charge is 2.12. The van der Waals surface area contributed by atoms with Crippen molar-refractivity contribution in [3.05, 3.63) is 95.3 Å². The Kier molecular flexibility index (Phi) is 5.22. The molecule has 0 radical (unpaired) electrons. The number of carbonyl (C=O) groups is 2. The van der Waals surface area contributed by atoms with Crippen molar-refractivity contribution in [2.24, 2.45) is 0 Å². The van der Waals surface area contributed by atoms with Crippen molar-refractivity contribution in [1.82, 2.24) is 9.97 Å². The van der Waals surface area contributed by atoms with E-state index in [0.717, 1.165) is 16.9 Å². The number of ether oxygens (including phenoxy) is 1. The number of benzene rings is 3. The fraction of sp³-hybridized carbons (Fsp3) is 0.0833. The van der Waals surface area contributed by atoms with Crippen LogP contribution in [-0.4, -0.2) is 21.8 Å². The van der Waals surface area contributed by atoms with Crippen molar-refractivity contribution in [2.75, 3.05) is 5.32 Å². The van der Waals surface area contributed by atoms with Crippen molar-refractivity contribution in [3.63, 3.8) is 0 Å². The van der Waals surface area contributed by atoms with Gasteiger partial charge in [-0.1, -0.05) is 18.2 Å². The van der Waals surface area contributed by atoms with Gasteiger partial charge in [-0.3, -0.25) is 4.79 Å². The molecule has 148 valence electrons. The smallest absolute Gasteiger partial charge is 0.343 e. The number of esters is 1. The SMILES string of the molecule is Cc1nc2ccc(C(=O)Oc3ccc(NC(=O)c4ccccc4)cc3)cc2nc1C. The molecule has 1 N–H and O–H groups in total. The first kappa shape index (κ1) is 19.3. The molecule has 0 saturated heterocycles. The zero-order valence-electron chi connectivity index (χ0n) is 16.5. The highest BCUT2D eigenvalue weighted by Crippen LogP contribution is 2.20. The number of nitrogens with zero attached hydrogens (tertiary/aromatic N) is 2. The van der Waals surface area contributed by atoms with Gasteiger partial charge in [-0.05, 0) is 68.4 Å². The van der Waals surface area contributed by atoms with Gasteiger partial charge in [0.05, 0.1) is 28.0 Å². The predicted molar refractivity (Wildman–Crippen MR) is 115 cm³/mol. The number of amides is 1. The molecule has 0 aliphatic heterocycles. The minimum Gasteiger partial charge on any atom is -0.423 e. The minimum absolute atomic E-state index is 0.205. The molecule has 4 aromatic rings. The Morgan fingerprint density at radius 1 is 0.767 bits per heavy atom. The summed E-state index contributed by atoms with van der Waals surface area (Å²) >= 11 is 0. The van der Waals surface area contributed by atoms with Gasteiger partial charge in [-0.15, -0.1) is 0 Å². The Balaban J connectivity index is 1.45. The molecule has 1 amide bonds. The Morgan fingerprint density at radius 2 is 1.43 bits per heavy atom. The van der Waals surface area contributed by atoms with Crippen LogP contribution in [0.5, 0.6) is 5.75 Å². The van der Waals surface area contributed by atoms with E-state index in [0.29, 0.717) is 28.1 Å². The van der Waals surface area contributed by atoms with Gasteiger partial charge in [0, 0.05) is 11.3 Å². The van der Waals surface area contributed by atoms with E-state index in [-0.39, 0.29) is 5.91 Å². The first-order valence-corrected chi connectivity index (χ1v) is 9.43. The van der Waals surface area contributed by atoms with Crippen LogP contribution in [0.25, 0.3) is 11.0 Å². The summed E-state index contributed by atoms with van der Waals surface area (Å²) in [7, 11) is 0. The second-order valence-corrected chi connectivity index (χ2v) is 6.83. The number of hydrogen-bond donors (Lipinski definition) is 1. The lowest BCUT2D eigenvalue weighted by atomic mass is 10.2. The fourth-order valence-corrected chi connectivity index (χ4v) is 2.92. The first-order chi connectivity index (χ1) is 14.5. The summed E-state index contributed by atoms with van der Waals surface area (Å²) in [6.45, 7) is 3.78. The predicted octanol–water partition coefficient (Wildman–Crippen LogP) is 4.72. The van der Waals surface area contributed by atoms with Gasteiger partial charge in [0.1, 0.15) is 5.75 Å². The van der Waals surface area contributed by atoms with Crippen LogP contribution < -0.4 is 10.1 Å². The molecule has 0 unspecified atom stereocenters. The maximum atomic E-state index is 12.5. The van der Waals surface area contributed by atoms with Crippen molar-refractivity contribution >= 4 is 28.6 Å². The van der Waals surface area contributed by atoms with Gasteiger partial charge in [0.2, 0.25) is 0 Å². The van der Waals surface area contributed by atoms with Gasteiger partial charge in [-0.25, -0.2) is 14.8 Å². The van der Waals surface area contributed by atoms with Gasteiger partial charge in [-0.2, -0.15) is 0 Å². The summed E-state index contributed by atoms with van der Waals surface area (Å²) in [5.41, 5.74) is 4.62. The van der Waals surface area contributed by atoms with E-state index in [9.17, 15) is 9.59 Å². The molecule has 0 atom stereocenters. The normalized spacial score (nSPS) is 10.6. The average Bonchev–Trinajstić information content (AvgIpc) is 2.76. The van der Waals surface area contributed by atoms with Gasteiger partial charge in [0.15, 0.2) is 0 Å². The molecule has 6 heteroatoms. The molecule has 0 saturated carbocycles. The van der Waals surface area contributed by atoms with Crippen molar-refractivity contribution in [2.45, 2.75) is 13.8 Å². The summed E-state index contributed by atoms with van der Waals surface area (Å²) in [6.07, 6.45) is 0. The summed E-state index contributed by atoms with van der Waals surface area (Å²) < 4.78 is 5.45. The molecule has 0 spiro atoms. The zero-order valence-corrected chi connectivity index (χ0v) is 16.5. The van der Waals surface area contributed by atoms with Crippen LogP contribution in [-0.2, 0) is 0 Å². The lowest BCUT2D eigenvalue weighted by molar-refractivity contribution is 0.0734. The van der Waals surface area contributed by atoms with Crippen molar-refractivity contribution < 1.29 is 14.3 Å². The number of carbonyl (C=O) groups excluding carboxylic acids is 2. The highest BCUT2D eigenvalue weighted by atomic mass is 16.5. The molecule has 0 aliphatic carbocycles. The molecule has 6 nitrogen and oxygen atoms in total. The maximum Gasteiger partial charge on any atom is 0.343 e. The molecule has 0 fully saturated rings. The standard InChI is InChI=1S/C24H19N3O3/c1-15-16(2)26-22-14-18(8-13-21(22)25-15)24(29)30-20-11-9-19(10-12-20)27-23(28)17-6-4-3-5-7-17/h3-14H,1-2H3,(H,27,28). The second-order valence-electron chi connectivity index (χ2n) is 6.83. The zero-order chi connectivity index (χ0) is 21.1. The van der Waals surface area contributed by atoms with Crippen LogP contribution in [0.3, 0.4) is 0 Å². The third-order valence-electron chi connectivity index (χ3n) is 4.67. The van der Waals surface area contributed by atoms with Crippen LogP contribution in [0.4, 0.5) is 5.69 Å². The van der Waals surface area contributed by atoms with E-state index < -0.39 is 5.97 Å². The third-order valence-corrected chi connectivity index (χ3v) is 4.67. The third kappa shape index (κ3) is 4.17. The van der Waals surface area contributed by atoms with E-state index in [1.807, 2.05) is 19.9 Å². The van der Waals surface area contributed by atoms with Crippen LogP contribution in [0.15, 0.2) is 72.8 Å². The molecule has 4 rings (SSSR count). The quantitative estimate of drug-likeness (QED) is 0.398. The lowest BCUT2D eigenvalue weighted by Gasteiger charge is -2.08. The molecule has 30 heavy (non-hydrogen) atoms. The van der Waals surface area contributed by atoms with Crippen LogP contribution >= 0.6 is 0 Å². The maximum absolute atomic E-state index is 12.5. The molecule has 0 aliphatic rings. The Hall–Kier alpha value is -4.06. The Bertz CT molecular complexity index is 1240. The molecular formula is C24H19N3O3. The molecule has 1 aromatic heterocycles. The number of nitrogens with one attached hydrogen (secondary N) is 1. The lowest BCUT2D eigenvalue weighted by Crippen LogP contribution is -2.12. The summed E-state index contributed by atoms with van der Waals surface area (Å²) in [5.74, 6) is -0.315. The van der Waals surface area contributed by atoms with E-state index in [2.05, 4.69) is 15.3 Å². The van der Waals surface area contributed by atoms with Gasteiger partial charge in [0.25, 0.3) is 5.91 Å². The largest absolute Gasteiger partial charge is 0.423 e. The summed E-state index contributed by atoms with van der Waals surface area (Å²) in [6, 6.07) is 20.7. The van der Waals surface area contributed by atoms with Gasteiger partial charge >= 0.3 is 5.97 Å². The summed E-state index contributed by atoms with van der Waals surface area (Å²) in [4.78, 5) is 33.7. The number of anilines is 1. The number of fused-ring (bicyclic) bond motifs is 1. The molecule has 3 aromatic carbocycles. The fourth-order valence-electron chi connectivity index (χ4n) is 2.92. The Morgan fingerprint density at radius 3 is 2.13 bits per heavy atom. The topological polar surface area (TPSA) is 81.2 Å². The van der Waals surface area contributed by atoms with E-state index in [1.165, 1.54) is 0 Å². The van der Waals surface area contributed by atoms with E-state index >= 15 is 0 Å². The monoisotopic (exact) mass is 397 g/mol. The van der Waals surface area contributed by atoms with Crippen molar-refractivity contribution in [1.29, 1.82) is 0 Å². The van der Waals surface area contributed by atoms with E-state index in [4.69, 9.17) is 4.74 Å². The van der Waals surface area contributed by atoms with Crippen LogP contribution in [0.1, 0.15) is 32.1 Å². The second kappa shape index (κ2) is 8.13. The molecule has 0 bridgehead atoms. The van der Waals surface area contributed by atoms with Crippen LogP contribution in [0, 0.1) is 13.8 Å². The minimum atomic E-state index is -0.488. The van der Waals surface area contributed by atoms with Crippen molar-refractivity contribution in [3.8, 4) is 5.75 Å².